The van der Waals surface area contributed by atoms with Gasteiger partial charge in [-0.15, -0.1) is 0 Å². The first-order valence-electron chi connectivity index (χ1n) is 12.3. The number of para-hydroxylation sites is 1. The lowest BCUT2D eigenvalue weighted by Gasteiger charge is -2.36. The summed E-state index contributed by atoms with van der Waals surface area (Å²) in [5.41, 5.74) is 4.48. The maximum Gasteiger partial charge on any atom is 0.253 e. The maximum atomic E-state index is 13.1. The summed E-state index contributed by atoms with van der Waals surface area (Å²) in [6, 6.07) is 20.0. The van der Waals surface area contributed by atoms with Crippen LogP contribution >= 0.6 is 0 Å². The highest BCUT2D eigenvalue weighted by Gasteiger charge is 2.22. The number of carbonyl (C=O) groups is 1. The molecule has 3 heterocycles. The topological polar surface area (TPSA) is 79.2 Å². The number of imidazole rings is 1. The molecule has 1 fully saturated rings. The van der Waals surface area contributed by atoms with E-state index in [2.05, 4.69) is 50.7 Å². The lowest BCUT2D eigenvalue weighted by Crippen LogP contribution is -2.48. The summed E-state index contributed by atoms with van der Waals surface area (Å²) in [5, 5.41) is 3.26. The normalized spacial score (nSPS) is 13.8. The molecule has 2 aromatic carbocycles. The van der Waals surface area contributed by atoms with Gasteiger partial charge in [0.15, 0.2) is 0 Å². The van der Waals surface area contributed by atoms with Crippen LogP contribution in [0, 0.1) is 6.92 Å². The van der Waals surface area contributed by atoms with Crippen molar-refractivity contribution in [3.63, 3.8) is 0 Å². The SMILES string of the molecule is Cc1ncc(-c2ccnc(Nc3ccc(C(=O)N4CCN(c5ccccc5)CC4)cc3)n2)n1C(C)C. The van der Waals surface area contributed by atoms with E-state index in [1.807, 2.05) is 66.6 Å². The highest BCUT2D eigenvalue weighted by molar-refractivity contribution is 5.94. The van der Waals surface area contributed by atoms with Crippen LogP contribution in [0.2, 0.25) is 0 Å². The zero-order valence-electron chi connectivity index (χ0n) is 20.9. The number of anilines is 3. The summed E-state index contributed by atoms with van der Waals surface area (Å²) >= 11 is 0. The van der Waals surface area contributed by atoms with Gasteiger partial charge in [-0.25, -0.2) is 15.0 Å². The predicted molar refractivity (Wildman–Crippen MR) is 143 cm³/mol. The molecule has 0 saturated carbocycles. The van der Waals surface area contributed by atoms with Gasteiger partial charge < -0.3 is 19.7 Å². The fourth-order valence-electron chi connectivity index (χ4n) is 4.67. The van der Waals surface area contributed by atoms with Crippen molar-refractivity contribution in [3.05, 3.63) is 84.4 Å². The number of aryl methyl sites for hydroxylation is 1. The van der Waals surface area contributed by atoms with Crippen LogP contribution in [0.4, 0.5) is 17.3 Å². The average molecular weight is 482 g/mol. The molecule has 184 valence electrons. The fourth-order valence-corrected chi connectivity index (χ4v) is 4.67. The van der Waals surface area contributed by atoms with Gasteiger partial charge in [0.2, 0.25) is 5.95 Å². The van der Waals surface area contributed by atoms with Crippen LogP contribution in [-0.2, 0) is 0 Å². The van der Waals surface area contributed by atoms with Crippen molar-refractivity contribution < 1.29 is 4.79 Å². The van der Waals surface area contributed by atoms with Gasteiger partial charge in [0.05, 0.1) is 17.6 Å². The molecule has 1 aliphatic rings. The van der Waals surface area contributed by atoms with Gasteiger partial charge in [-0.05, 0) is 63.2 Å². The van der Waals surface area contributed by atoms with Gasteiger partial charge in [0, 0.05) is 55.4 Å². The van der Waals surface area contributed by atoms with E-state index in [0.29, 0.717) is 24.6 Å². The quantitative estimate of drug-likeness (QED) is 0.420. The number of aromatic nitrogens is 4. The third-order valence-electron chi connectivity index (χ3n) is 6.49. The molecule has 1 N–H and O–H groups in total. The van der Waals surface area contributed by atoms with Crippen molar-refractivity contribution in [2.45, 2.75) is 26.8 Å². The van der Waals surface area contributed by atoms with Crippen molar-refractivity contribution in [1.82, 2.24) is 24.4 Å². The smallest absolute Gasteiger partial charge is 0.253 e. The Morgan fingerprint density at radius 2 is 1.64 bits per heavy atom. The predicted octanol–water partition coefficient (Wildman–Crippen LogP) is 4.94. The van der Waals surface area contributed by atoms with E-state index in [0.717, 1.165) is 36.0 Å². The average Bonchev–Trinajstić information content (AvgIpc) is 3.31. The summed E-state index contributed by atoms with van der Waals surface area (Å²) in [4.78, 5) is 30.8. The number of hydrogen-bond donors (Lipinski definition) is 1. The molecule has 5 rings (SSSR count). The molecule has 4 aromatic rings. The molecular weight excluding hydrogens is 450 g/mol. The third kappa shape index (κ3) is 4.93. The molecule has 0 aliphatic carbocycles. The van der Waals surface area contributed by atoms with E-state index in [1.54, 1.807) is 6.20 Å². The molecule has 0 atom stereocenters. The Kier molecular flexibility index (Phi) is 6.66. The summed E-state index contributed by atoms with van der Waals surface area (Å²) in [6.45, 7) is 9.34. The molecule has 1 saturated heterocycles. The zero-order chi connectivity index (χ0) is 25.1. The molecule has 1 aliphatic heterocycles. The molecular formula is C28H31N7O. The standard InChI is InChI=1S/C28H31N7O/c1-20(2)35-21(3)30-19-26(35)25-13-14-29-28(32-25)31-23-11-9-22(10-12-23)27(36)34-17-15-33(16-18-34)24-7-5-4-6-8-24/h4-14,19-20H,15-18H2,1-3H3,(H,29,31,32). The Morgan fingerprint density at radius 3 is 2.33 bits per heavy atom. The minimum atomic E-state index is 0.0600. The van der Waals surface area contributed by atoms with Gasteiger partial charge in [0.1, 0.15) is 5.82 Å². The molecule has 0 unspecified atom stereocenters. The van der Waals surface area contributed by atoms with Crippen LogP contribution in [0.1, 0.15) is 36.1 Å². The molecule has 0 bridgehead atoms. The molecule has 36 heavy (non-hydrogen) atoms. The number of hydrogen-bond acceptors (Lipinski definition) is 6. The highest BCUT2D eigenvalue weighted by atomic mass is 16.2. The van der Waals surface area contributed by atoms with Crippen LogP contribution in [0.5, 0.6) is 0 Å². The molecule has 0 radical (unpaired) electrons. The summed E-state index contributed by atoms with van der Waals surface area (Å²) in [7, 11) is 0. The first-order valence-corrected chi connectivity index (χ1v) is 12.3. The number of rotatable bonds is 6. The van der Waals surface area contributed by atoms with Gasteiger partial charge in [-0.3, -0.25) is 4.79 Å². The van der Waals surface area contributed by atoms with Crippen LogP contribution in [0.3, 0.4) is 0 Å². The van der Waals surface area contributed by atoms with E-state index in [-0.39, 0.29) is 11.9 Å². The Hall–Kier alpha value is -4.20. The number of piperazine rings is 1. The first kappa shape index (κ1) is 23.5. The monoisotopic (exact) mass is 481 g/mol. The van der Waals surface area contributed by atoms with Crippen LogP contribution < -0.4 is 10.2 Å². The summed E-state index contributed by atoms with van der Waals surface area (Å²) < 4.78 is 2.16. The molecule has 1 amide bonds. The molecule has 8 heteroatoms. The summed E-state index contributed by atoms with van der Waals surface area (Å²) in [6.07, 6.45) is 3.59. The van der Waals surface area contributed by atoms with Crippen LogP contribution in [0.15, 0.2) is 73.1 Å². The van der Waals surface area contributed by atoms with Crippen molar-refractivity contribution >= 4 is 23.2 Å². The Bertz CT molecular complexity index is 1320. The van der Waals surface area contributed by atoms with E-state index in [4.69, 9.17) is 4.98 Å². The third-order valence-corrected chi connectivity index (χ3v) is 6.49. The van der Waals surface area contributed by atoms with E-state index in [1.165, 1.54) is 5.69 Å². The second kappa shape index (κ2) is 10.2. The molecule has 0 spiro atoms. The Morgan fingerprint density at radius 1 is 0.917 bits per heavy atom. The van der Waals surface area contributed by atoms with Crippen molar-refractivity contribution in [2.75, 3.05) is 36.4 Å². The number of nitrogens with one attached hydrogen (secondary N) is 1. The van der Waals surface area contributed by atoms with E-state index >= 15 is 0 Å². The molecule has 8 nitrogen and oxygen atoms in total. The largest absolute Gasteiger partial charge is 0.368 e. The minimum Gasteiger partial charge on any atom is -0.368 e. The first-order chi connectivity index (χ1) is 17.5. The fraction of sp³-hybridized carbons (Fsp3) is 0.286. The second-order valence-corrected chi connectivity index (χ2v) is 9.24. The Balaban J connectivity index is 1.23. The van der Waals surface area contributed by atoms with Gasteiger partial charge in [-0.2, -0.15) is 0 Å². The van der Waals surface area contributed by atoms with Gasteiger partial charge in [0.25, 0.3) is 5.91 Å². The van der Waals surface area contributed by atoms with E-state index < -0.39 is 0 Å². The summed E-state index contributed by atoms with van der Waals surface area (Å²) in [5.74, 6) is 1.51. The van der Waals surface area contributed by atoms with Crippen molar-refractivity contribution in [1.29, 1.82) is 0 Å². The highest BCUT2D eigenvalue weighted by Crippen LogP contribution is 2.24. The minimum absolute atomic E-state index is 0.0600. The van der Waals surface area contributed by atoms with Gasteiger partial charge >= 0.3 is 0 Å². The lowest BCUT2D eigenvalue weighted by molar-refractivity contribution is 0.0747. The Labute approximate surface area is 211 Å². The number of amides is 1. The number of benzene rings is 2. The number of nitrogens with zero attached hydrogens (tertiary/aromatic N) is 6. The number of carbonyl (C=O) groups excluding carboxylic acids is 1. The van der Waals surface area contributed by atoms with Crippen LogP contribution in [-0.4, -0.2) is 56.5 Å². The van der Waals surface area contributed by atoms with Crippen molar-refractivity contribution in [2.24, 2.45) is 0 Å². The lowest BCUT2D eigenvalue weighted by atomic mass is 10.1. The van der Waals surface area contributed by atoms with Crippen LogP contribution in [0.25, 0.3) is 11.4 Å². The zero-order valence-corrected chi connectivity index (χ0v) is 20.9. The maximum absolute atomic E-state index is 13.1. The second-order valence-electron chi connectivity index (χ2n) is 9.24. The van der Waals surface area contributed by atoms with Gasteiger partial charge in [-0.1, -0.05) is 18.2 Å². The van der Waals surface area contributed by atoms with E-state index in [9.17, 15) is 4.79 Å². The molecule has 2 aromatic heterocycles. The van der Waals surface area contributed by atoms with Crippen molar-refractivity contribution in [3.8, 4) is 11.4 Å².